The molecule has 0 aromatic heterocycles. The minimum atomic E-state index is 0.601. The number of methoxy groups -OCH3 is 1. The van der Waals surface area contributed by atoms with Crippen LogP contribution in [0.25, 0.3) is 0 Å². The molecular weight excluding hydrogens is 224 g/mol. The number of nitrogens with zero attached hydrogens (tertiary/aromatic N) is 1. The van der Waals surface area contributed by atoms with E-state index in [-0.39, 0.29) is 0 Å². The quantitative estimate of drug-likeness (QED) is 0.709. The van der Waals surface area contributed by atoms with Gasteiger partial charge in [0.1, 0.15) is 0 Å². The second-order valence-electron chi connectivity index (χ2n) is 5.69. The van der Waals surface area contributed by atoms with Crippen molar-refractivity contribution in [2.75, 3.05) is 26.8 Å². The minimum Gasteiger partial charge on any atom is -0.383 e. The van der Waals surface area contributed by atoms with Gasteiger partial charge in [-0.15, -0.1) is 0 Å². The van der Waals surface area contributed by atoms with Gasteiger partial charge in [0.2, 0.25) is 0 Å². The maximum atomic E-state index is 5.28. The first-order valence-electron chi connectivity index (χ1n) is 7.68. The summed E-state index contributed by atoms with van der Waals surface area (Å²) < 4.78 is 5.28. The van der Waals surface area contributed by atoms with Gasteiger partial charge in [0.15, 0.2) is 0 Å². The van der Waals surface area contributed by atoms with Crippen LogP contribution in [0.5, 0.6) is 0 Å². The molecule has 2 atom stereocenters. The zero-order valence-corrected chi connectivity index (χ0v) is 12.7. The number of ether oxygens (including phenoxy) is 1. The van der Waals surface area contributed by atoms with Gasteiger partial charge in [-0.1, -0.05) is 26.2 Å². The summed E-state index contributed by atoms with van der Waals surface area (Å²) in [4.78, 5) is 2.64. The standard InChI is InChI=1S/C15H32N2O/c1-5-16-14-9-7-6-8-10-15(14)17(13(2)3)11-12-18-4/h13-16H,5-12H2,1-4H3. The first kappa shape index (κ1) is 15.9. The van der Waals surface area contributed by atoms with Crippen LogP contribution < -0.4 is 5.32 Å². The Kier molecular flexibility index (Phi) is 7.87. The van der Waals surface area contributed by atoms with E-state index in [1.165, 1.54) is 32.1 Å². The van der Waals surface area contributed by atoms with E-state index in [4.69, 9.17) is 4.74 Å². The SMILES string of the molecule is CCNC1CCCCCC1N(CCOC)C(C)C. The molecule has 1 N–H and O–H groups in total. The van der Waals surface area contributed by atoms with Crippen molar-refractivity contribution in [2.24, 2.45) is 0 Å². The predicted octanol–water partition coefficient (Wildman–Crippen LogP) is 2.65. The van der Waals surface area contributed by atoms with Crippen molar-refractivity contribution < 1.29 is 4.74 Å². The lowest BCUT2D eigenvalue weighted by molar-refractivity contribution is 0.0744. The monoisotopic (exact) mass is 256 g/mol. The third-order valence-electron chi connectivity index (χ3n) is 4.09. The topological polar surface area (TPSA) is 24.5 Å². The van der Waals surface area contributed by atoms with Crippen molar-refractivity contribution in [1.82, 2.24) is 10.2 Å². The average molecular weight is 256 g/mol. The Labute approximate surface area is 113 Å². The van der Waals surface area contributed by atoms with Gasteiger partial charge < -0.3 is 10.1 Å². The summed E-state index contributed by atoms with van der Waals surface area (Å²) in [5.41, 5.74) is 0. The third-order valence-corrected chi connectivity index (χ3v) is 4.09. The highest BCUT2D eigenvalue weighted by molar-refractivity contribution is 4.88. The summed E-state index contributed by atoms with van der Waals surface area (Å²) in [6.07, 6.45) is 6.82. The lowest BCUT2D eigenvalue weighted by atomic mass is 9.99. The second kappa shape index (κ2) is 8.89. The van der Waals surface area contributed by atoms with Crippen molar-refractivity contribution in [3.05, 3.63) is 0 Å². The Morgan fingerprint density at radius 1 is 1.22 bits per heavy atom. The Bertz CT molecular complexity index is 209. The van der Waals surface area contributed by atoms with Gasteiger partial charge in [0, 0.05) is 31.8 Å². The Balaban J connectivity index is 2.68. The summed E-state index contributed by atoms with van der Waals surface area (Å²) >= 11 is 0. The molecule has 0 heterocycles. The van der Waals surface area contributed by atoms with E-state index >= 15 is 0 Å². The zero-order valence-electron chi connectivity index (χ0n) is 12.7. The van der Waals surface area contributed by atoms with Crippen LogP contribution in [-0.4, -0.2) is 49.8 Å². The number of hydrogen-bond donors (Lipinski definition) is 1. The molecule has 0 amide bonds. The summed E-state index contributed by atoms with van der Waals surface area (Å²) in [6, 6.07) is 1.95. The van der Waals surface area contributed by atoms with Crippen molar-refractivity contribution in [1.29, 1.82) is 0 Å². The van der Waals surface area contributed by atoms with E-state index in [1.54, 1.807) is 7.11 Å². The molecule has 0 aliphatic heterocycles. The fourth-order valence-electron chi connectivity index (χ4n) is 3.19. The molecule has 0 aromatic carbocycles. The van der Waals surface area contributed by atoms with E-state index in [1.807, 2.05) is 0 Å². The van der Waals surface area contributed by atoms with Crippen LogP contribution >= 0.6 is 0 Å². The molecule has 2 unspecified atom stereocenters. The molecule has 0 spiro atoms. The van der Waals surface area contributed by atoms with Gasteiger partial charge in [-0.25, -0.2) is 0 Å². The average Bonchev–Trinajstić information content (AvgIpc) is 2.56. The summed E-state index contributed by atoms with van der Waals surface area (Å²) in [5.74, 6) is 0. The maximum absolute atomic E-state index is 5.28. The summed E-state index contributed by atoms with van der Waals surface area (Å²) in [7, 11) is 1.80. The third kappa shape index (κ3) is 4.87. The molecule has 0 radical (unpaired) electrons. The highest BCUT2D eigenvalue weighted by Crippen LogP contribution is 2.24. The van der Waals surface area contributed by atoms with Crippen LogP contribution in [0, 0.1) is 0 Å². The molecule has 0 aromatic rings. The van der Waals surface area contributed by atoms with Crippen LogP contribution in [0.15, 0.2) is 0 Å². The lowest BCUT2D eigenvalue weighted by Crippen LogP contribution is -2.53. The van der Waals surface area contributed by atoms with Crippen molar-refractivity contribution in [2.45, 2.75) is 71.0 Å². The van der Waals surface area contributed by atoms with E-state index in [0.29, 0.717) is 18.1 Å². The summed E-state index contributed by atoms with van der Waals surface area (Å²) in [5, 5.41) is 3.70. The number of likely N-dealkylation sites (N-methyl/N-ethyl adjacent to an activating group) is 1. The van der Waals surface area contributed by atoms with Gasteiger partial charge in [-0.05, 0) is 33.2 Å². The van der Waals surface area contributed by atoms with Gasteiger partial charge in [-0.3, -0.25) is 4.90 Å². The molecule has 1 saturated carbocycles. The normalized spacial score (nSPS) is 25.7. The Hall–Kier alpha value is -0.120. The van der Waals surface area contributed by atoms with Crippen molar-refractivity contribution >= 4 is 0 Å². The fraction of sp³-hybridized carbons (Fsp3) is 1.00. The molecule has 0 bridgehead atoms. The predicted molar refractivity (Wildman–Crippen MR) is 78.1 cm³/mol. The van der Waals surface area contributed by atoms with Crippen LogP contribution in [0.3, 0.4) is 0 Å². The van der Waals surface area contributed by atoms with E-state index in [9.17, 15) is 0 Å². The zero-order chi connectivity index (χ0) is 13.4. The minimum absolute atomic E-state index is 0.601. The molecule has 3 heteroatoms. The first-order chi connectivity index (χ1) is 8.70. The molecule has 1 rings (SSSR count). The van der Waals surface area contributed by atoms with Crippen LogP contribution in [0.2, 0.25) is 0 Å². The fourth-order valence-corrected chi connectivity index (χ4v) is 3.19. The van der Waals surface area contributed by atoms with Gasteiger partial charge in [-0.2, -0.15) is 0 Å². The van der Waals surface area contributed by atoms with Crippen molar-refractivity contribution in [3.63, 3.8) is 0 Å². The first-order valence-corrected chi connectivity index (χ1v) is 7.68. The largest absolute Gasteiger partial charge is 0.383 e. The summed E-state index contributed by atoms with van der Waals surface area (Å²) in [6.45, 7) is 9.82. The van der Waals surface area contributed by atoms with E-state index in [2.05, 4.69) is 31.0 Å². The van der Waals surface area contributed by atoms with Gasteiger partial charge in [0.25, 0.3) is 0 Å². The molecule has 1 aliphatic carbocycles. The molecule has 1 aliphatic rings. The Morgan fingerprint density at radius 2 is 1.94 bits per heavy atom. The molecule has 18 heavy (non-hydrogen) atoms. The van der Waals surface area contributed by atoms with Crippen LogP contribution in [-0.2, 0) is 4.74 Å². The molecule has 1 fully saturated rings. The van der Waals surface area contributed by atoms with E-state index < -0.39 is 0 Å². The lowest BCUT2D eigenvalue weighted by Gasteiger charge is -2.39. The molecular formula is C15H32N2O. The second-order valence-corrected chi connectivity index (χ2v) is 5.69. The highest BCUT2D eigenvalue weighted by atomic mass is 16.5. The smallest absolute Gasteiger partial charge is 0.0589 e. The number of hydrogen-bond acceptors (Lipinski definition) is 3. The molecule has 0 saturated heterocycles. The number of rotatable bonds is 7. The van der Waals surface area contributed by atoms with Gasteiger partial charge in [0.05, 0.1) is 6.61 Å². The van der Waals surface area contributed by atoms with E-state index in [0.717, 1.165) is 19.7 Å². The Morgan fingerprint density at radius 3 is 2.56 bits per heavy atom. The van der Waals surface area contributed by atoms with Crippen LogP contribution in [0.1, 0.15) is 52.9 Å². The van der Waals surface area contributed by atoms with Crippen molar-refractivity contribution in [3.8, 4) is 0 Å². The maximum Gasteiger partial charge on any atom is 0.0589 e. The van der Waals surface area contributed by atoms with Crippen LogP contribution in [0.4, 0.5) is 0 Å². The van der Waals surface area contributed by atoms with Gasteiger partial charge >= 0.3 is 0 Å². The molecule has 3 nitrogen and oxygen atoms in total. The molecule has 108 valence electrons. The highest BCUT2D eigenvalue weighted by Gasteiger charge is 2.29. The number of nitrogens with one attached hydrogen (secondary N) is 1.